The van der Waals surface area contributed by atoms with Crippen LogP contribution in [0.15, 0.2) is 35.1 Å². The maximum absolute atomic E-state index is 12.1. The number of nitrogens with zero attached hydrogens (tertiary/aromatic N) is 3. The van der Waals surface area contributed by atoms with Gasteiger partial charge in [0.05, 0.1) is 12.0 Å². The van der Waals surface area contributed by atoms with Crippen LogP contribution >= 0.6 is 0 Å². The van der Waals surface area contributed by atoms with Crippen LogP contribution in [0.5, 0.6) is 0 Å². The number of carbonyl (C=O) groups excluding carboxylic acids is 1. The van der Waals surface area contributed by atoms with Gasteiger partial charge in [-0.2, -0.15) is 10.2 Å². The van der Waals surface area contributed by atoms with Crippen molar-refractivity contribution >= 4 is 5.91 Å². The Kier molecular flexibility index (Phi) is 3.78. The summed E-state index contributed by atoms with van der Waals surface area (Å²) < 4.78 is 7.11. The van der Waals surface area contributed by atoms with Crippen molar-refractivity contribution in [2.45, 2.75) is 26.9 Å². The maximum Gasteiger partial charge on any atom is 0.272 e. The number of hydrogen-bond donors (Lipinski definition) is 2. The van der Waals surface area contributed by atoms with Gasteiger partial charge in [-0.05, 0) is 26.0 Å². The quantitative estimate of drug-likeness (QED) is 0.755. The van der Waals surface area contributed by atoms with E-state index in [0.29, 0.717) is 23.7 Å². The molecule has 3 heterocycles. The van der Waals surface area contributed by atoms with E-state index in [2.05, 4.69) is 20.6 Å². The van der Waals surface area contributed by atoms with E-state index in [9.17, 15) is 4.79 Å². The zero-order valence-corrected chi connectivity index (χ0v) is 12.5. The van der Waals surface area contributed by atoms with Crippen LogP contribution in [-0.4, -0.2) is 25.9 Å². The number of H-pyrrole nitrogens is 1. The molecule has 3 aromatic heterocycles. The predicted octanol–water partition coefficient (Wildman–Crippen LogP) is 2.12. The summed E-state index contributed by atoms with van der Waals surface area (Å²) in [6, 6.07) is 5.25. The van der Waals surface area contributed by atoms with Crippen LogP contribution in [0.1, 0.15) is 28.7 Å². The van der Waals surface area contributed by atoms with E-state index in [1.165, 1.54) is 0 Å². The van der Waals surface area contributed by atoms with Gasteiger partial charge in [-0.25, -0.2) is 0 Å². The normalized spacial score (nSPS) is 10.8. The fraction of sp³-hybridized carbons (Fsp3) is 0.267. The first-order chi connectivity index (χ1) is 10.7. The van der Waals surface area contributed by atoms with Gasteiger partial charge in [-0.1, -0.05) is 0 Å². The van der Waals surface area contributed by atoms with Gasteiger partial charge >= 0.3 is 0 Å². The molecule has 0 radical (unpaired) electrons. The minimum absolute atomic E-state index is 0.238. The zero-order valence-electron chi connectivity index (χ0n) is 12.5. The number of amides is 1. The molecule has 0 saturated carbocycles. The summed E-state index contributed by atoms with van der Waals surface area (Å²) in [5, 5.41) is 14.0. The molecular weight excluding hydrogens is 282 g/mol. The zero-order chi connectivity index (χ0) is 15.5. The van der Waals surface area contributed by atoms with Crippen molar-refractivity contribution in [3.8, 4) is 11.5 Å². The van der Waals surface area contributed by atoms with E-state index < -0.39 is 0 Å². The molecule has 3 rings (SSSR count). The second-order valence-electron chi connectivity index (χ2n) is 4.92. The molecule has 0 aliphatic carbocycles. The minimum Gasteiger partial charge on any atom is -0.463 e. The topological polar surface area (TPSA) is 88.7 Å². The van der Waals surface area contributed by atoms with Crippen molar-refractivity contribution in [3.63, 3.8) is 0 Å². The molecular formula is C15H17N5O2. The Hall–Kier alpha value is -2.83. The number of furan rings is 1. The summed E-state index contributed by atoms with van der Waals surface area (Å²) in [7, 11) is 0. The molecule has 1 amide bonds. The molecule has 0 spiro atoms. The lowest BCUT2D eigenvalue weighted by Gasteiger charge is -2.01. The molecule has 0 bridgehead atoms. The Morgan fingerprint density at radius 2 is 2.36 bits per heavy atom. The number of hydrogen-bond acceptors (Lipinski definition) is 4. The third-order valence-electron chi connectivity index (χ3n) is 3.41. The summed E-state index contributed by atoms with van der Waals surface area (Å²) in [6.45, 7) is 5.18. The van der Waals surface area contributed by atoms with Crippen molar-refractivity contribution in [3.05, 3.63) is 47.6 Å². The lowest BCUT2D eigenvalue weighted by atomic mass is 10.2. The van der Waals surface area contributed by atoms with Gasteiger partial charge in [0, 0.05) is 30.9 Å². The van der Waals surface area contributed by atoms with Gasteiger partial charge in [0.1, 0.15) is 5.69 Å². The summed E-state index contributed by atoms with van der Waals surface area (Å²) in [4.78, 5) is 12.1. The second-order valence-corrected chi connectivity index (χ2v) is 4.92. The molecule has 0 aliphatic rings. The van der Waals surface area contributed by atoms with Crippen molar-refractivity contribution in [1.29, 1.82) is 0 Å². The Balaban J connectivity index is 1.66. The van der Waals surface area contributed by atoms with Crippen LogP contribution < -0.4 is 5.32 Å². The molecule has 0 saturated heterocycles. The molecule has 7 nitrogen and oxygen atoms in total. The fourth-order valence-electron chi connectivity index (χ4n) is 2.16. The molecule has 0 unspecified atom stereocenters. The second kappa shape index (κ2) is 5.88. The summed E-state index contributed by atoms with van der Waals surface area (Å²) in [5.74, 6) is 0.407. The maximum atomic E-state index is 12.1. The largest absolute Gasteiger partial charge is 0.463 e. The van der Waals surface area contributed by atoms with Gasteiger partial charge in [0.15, 0.2) is 11.5 Å². The molecule has 3 aromatic rings. The molecule has 0 atom stereocenters. The van der Waals surface area contributed by atoms with Crippen LogP contribution in [0, 0.1) is 6.92 Å². The first-order valence-electron chi connectivity index (χ1n) is 7.07. The molecule has 7 heteroatoms. The van der Waals surface area contributed by atoms with Crippen LogP contribution in [0.3, 0.4) is 0 Å². The monoisotopic (exact) mass is 299 g/mol. The molecule has 22 heavy (non-hydrogen) atoms. The highest BCUT2D eigenvalue weighted by molar-refractivity contribution is 5.93. The third-order valence-corrected chi connectivity index (χ3v) is 3.41. The average Bonchev–Trinajstić information content (AvgIpc) is 3.24. The fourth-order valence-corrected chi connectivity index (χ4v) is 2.16. The van der Waals surface area contributed by atoms with E-state index >= 15 is 0 Å². The average molecular weight is 299 g/mol. The highest BCUT2D eigenvalue weighted by Crippen LogP contribution is 2.17. The number of aromatic nitrogens is 4. The third kappa shape index (κ3) is 2.78. The van der Waals surface area contributed by atoms with Crippen LogP contribution in [0.25, 0.3) is 11.5 Å². The Bertz CT molecular complexity index is 770. The molecule has 2 N–H and O–H groups in total. The first kappa shape index (κ1) is 14.1. The van der Waals surface area contributed by atoms with Crippen LogP contribution in [0.4, 0.5) is 0 Å². The number of nitrogens with one attached hydrogen (secondary N) is 2. The van der Waals surface area contributed by atoms with E-state index in [1.54, 1.807) is 24.5 Å². The first-order valence-corrected chi connectivity index (χ1v) is 7.07. The number of rotatable bonds is 5. The van der Waals surface area contributed by atoms with Crippen molar-refractivity contribution < 1.29 is 9.21 Å². The van der Waals surface area contributed by atoms with E-state index in [-0.39, 0.29) is 5.91 Å². The standard InChI is InChI=1S/C15H17N5O2/c1-3-20-9-11(10(2)19-20)8-16-15(21)13-7-12(17-18-13)14-5-4-6-22-14/h4-7,9H,3,8H2,1-2H3,(H,16,21)(H,17,18). The smallest absolute Gasteiger partial charge is 0.272 e. The molecule has 0 aromatic carbocycles. The highest BCUT2D eigenvalue weighted by Gasteiger charge is 2.13. The lowest BCUT2D eigenvalue weighted by Crippen LogP contribution is -2.23. The van der Waals surface area contributed by atoms with Crippen LogP contribution in [-0.2, 0) is 13.1 Å². The Labute approximate surface area is 127 Å². The van der Waals surface area contributed by atoms with Crippen molar-refractivity contribution in [2.75, 3.05) is 0 Å². The molecule has 0 fully saturated rings. The Morgan fingerprint density at radius 3 is 3.05 bits per heavy atom. The van der Waals surface area contributed by atoms with E-state index in [4.69, 9.17) is 4.42 Å². The van der Waals surface area contributed by atoms with Gasteiger partial charge in [-0.15, -0.1) is 0 Å². The van der Waals surface area contributed by atoms with Crippen molar-refractivity contribution in [2.24, 2.45) is 0 Å². The minimum atomic E-state index is -0.238. The number of carbonyl (C=O) groups is 1. The highest BCUT2D eigenvalue weighted by atomic mass is 16.3. The van der Waals surface area contributed by atoms with Gasteiger partial charge in [0.2, 0.25) is 0 Å². The Morgan fingerprint density at radius 1 is 1.50 bits per heavy atom. The van der Waals surface area contributed by atoms with Crippen molar-refractivity contribution in [1.82, 2.24) is 25.3 Å². The van der Waals surface area contributed by atoms with Crippen LogP contribution in [0.2, 0.25) is 0 Å². The van der Waals surface area contributed by atoms with E-state index in [0.717, 1.165) is 17.8 Å². The SMILES string of the molecule is CCn1cc(CNC(=O)c2cc(-c3ccco3)[nH]n2)c(C)n1. The summed E-state index contributed by atoms with van der Waals surface area (Å²) in [6.07, 6.45) is 3.51. The van der Waals surface area contributed by atoms with Gasteiger partial charge < -0.3 is 9.73 Å². The van der Waals surface area contributed by atoms with Gasteiger partial charge in [0.25, 0.3) is 5.91 Å². The summed E-state index contributed by atoms with van der Waals surface area (Å²) in [5.41, 5.74) is 2.91. The lowest BCUT2D eigenvalue weighted by molar-refractivity contribution is 0.0946. The number of aromatic amines is 1. The number of aryl methyl sites for hydroxylation is 2. The molecule has 114 valence electrons. The van der Waals surface area contributed by atoms with Gasteiger partial charge in [-0.3, -0.25) is 14.6 Å². The summed E-state index contributed by atoms with van der Waals surface area (Å²) >= 11 is 0. The predicted molar refractivity (Wildman–Crippen MR) is 80.1 cm³/mol. The molecule has 0 aliphatic heterocycles. The van der Waals surface area contributed by atoms with E-state index in [1.807, 2.05) is 24.7 Å².